The van der Waals surface area contributed by atoms with Gasteiger partial charge in [0.25, 0.3) is 5.91 Å². The topological polar surface area (TPSA) is 108 Å². The molecule has 33 heavy (non-hydrogen) atoms. The molecule has 1 amide bonds. The van der Waals surface area contributed by atoms with Gasteiger partial charge in [0.2, 0.25) is 0 Å². The Morgan fingerprint density at radius 3 is 2.67 bits per heavy atom. The van der Waals surface area contributed by atoms with Gasteiger partial charge in [0.15, 0.2) is 11.5 Å². The van der Waals surface area contributed by atoms with Crippen molar-refractivity contribution in [2.24, 2.45) is 5.92 Å². The highest BCUT2D eigenvalue weighted by Crippen LogP contribution is 2.45. The monoisotopic (exact) mass is 451 g/mol. The third kappa shape index (κ3) is 4.26. The number of fused-ring (bicyclic) bond motifs is 1. The molecule has 174 valence electrons. The molecule has 4 rings (SSSR count). The van der Waals surface area contributed by atoms with Crippen LogP contribution < -0.4 is 9.47 Å². The van der Waals surface area contributed by atoms with Crippen LogP contribution in [0.4, 0.5) is 0 Å². The van der Waals surface area contributed by atoms with E-state index in [1.807, 2.05) is 24.3 Å². The number of ether oxygens (including phenoxy) is 2. The van der Waals surface area contributed by atoms with Gasteiger partial charge in [0.1, 0.15) is 17.1 Å². The van der Waals surface area contributed by atoms with Crippen molar-refractivity contribution < 1.29 is 24.5 Å². The van der Waals surface area contributed by atoms with Crippen LogP contribution in [-0.4, -0.2) is 58.1 Å². The van der Waals surface area contributed by atoms with Crippen LogP contribution in [0.2, 0.25) is 0 Å². The van der Waals surface area contributed by atoms with Crippen LogP contribution in [0.25, 0.3) is 11.3 Å². The Bertz CT molecular complexity index is 1140. The molecule has 0 saturated carbocycles. The first-order chi connectivity index (χ1) is 16.0. The van der Waals surface area contributed by atoms with Crippen LogP contribution in [0.1, 0.15) is 47.9 Å². The number of hydrogen-bond acceptors (Lipinski definition) is 6. The van der Waals surface area contributed by atoms with Crippen LogP contribution in [-0.2, 0) is 0 Å². The van der Waals surface area contributed by atoms with E-state index >= 15 is 0 Å². The lowest BCUT2D eigenvalue weighted by atomic mass is 9.95. The van der Waals surface area contributed by atoms with Gasteiger partial charge in [-0.3, -0.25) is 9.89 Å². The number of aliphatic hydroxyl groups is 1. The van der Waals surface area contributed by atoms with E-state index in [1.54, 1.807) is 30.2 Å². The molecule has 0 spiro atoms. The summed E-state index contributed by atoms with van der Waals surface area (Å²) >= 11 is 0. The lowest BCUT2D eigenvalue weighted by molar-refractivity contribution is 0.0732. The molecule has 0 radical (unpaired) electrons. The smallest absolute Gasteiger partial charge is 0.273 e. The third-order valence-electron chi connectivity index (χ3n) is 5.66. The summed E-state index contributed by atoms with van der Waals surface area (Å²) in [4.78, 5) is 15.0. The molecule has 1 aromatic heterocycles. The summed E-state index contributed by atoms with van der Waals surface area (Å²) in [5.41, 5.74) is 2.97. The number of nitrogens with one attached hydrogen (secondary N) is 1. The third-order valence-corrected chi connectivity index (χ3v) is 5.66. The van der Waals surface area contributed by atoms with Crippen molar-refractivity contribution in [1.29, 1.82) is 0 Å². The molecule has 0 fully saturated rings. The minimum absolute atomic E-state index is 0.0275. The van der Waals surface area contributed by atoms with E-state index < -0.39 is 6.04 Å². The number of carbonyl (C=O) groups is 1. The number of nitrogens with zero attached hydrogens (tertiary/aromatic N) is 2. The fourth-order valence-corrected chi connectivity index (χ4v) is 4.12. The first-order valence-electron chi connectivity index (χ1n) is 11.1. The minimum Gasteiger partial charge on any atom is -0.507 e. The number of H-pyrrole nitrogens is 1. The molecule has 0 unspecified atom stereocenters. The Morgan fingerprint density at radius 1 is 1.18 bits per heavy atom. The zero-order valence-corrected chi connectivity index (χ0v) is 19.0. The van der Waals surface area contributed by atoms with Gasteiger partial charge in [-0.25, -0.2) is 0 Å². The fraction of sp³-hybridized carbons (Fsp3) is 0.360. The van der Waals surface area contributed by atoms with E-state index in [2.05, 4.69) is 24.0 Å². The second-order valence-corrected chi connectivity index (χ2v) is 8.47. The number of benzene rings is 2. The SMILES string of the molecule is COc1cc([C@H]2c3c(-c4ccccc4O)n[nH]c3C(=O)N2CCCO)ccc1OCC(C)C. The van der Waals surface area contributed by atoms with Crippen molar-refractivity contribution in [3.63, 3.8) is 0 Å². The van der Waals surface area contributed by atoms with E-state index in [4.69, 9.17) is 9.47 Å². The van der Waals surface area contributed by atoms with Gasteiger partial charge >= 0.3 is 0 Å². The predicted molar refractivity (Wildman–Crippen MR) is 124 cm³/mol. The number of phenols is 1. The Balaban J connectivity index is 1.82. The molecule has 3 N–H and O–H groups in total. The Morgan fingerprint density at radius 2 is 1.97 bits per heavy atom. The van der Waals surface area contributed by atoms with Crippen LogP contribution in [0.5, 0.6) is 17.2 Å². The number of aromatic nitrogens is 2. The summed E-state index contributed by atoms with van der Waals surface area (Å²) < 4.78 is 11.5. The Kier molecular flexibility index (Phi) is 6.55. The number of aromatic hydroxyl groups is 1. The second-order valence-electron chi connectivity index (χ2n) is 8.47. The molecule has 0 aliphatic carbocycles. The Labute approximate surface area is 192 Å². The van der Waals surface area contributed by atoms with E-state index in [0.29, 0.717) is 59.5 Å². The average molecular weight is 452 g/mol. The summed E-state index contributed by atoms with van der Waals surface area (Å²) in [6, 6.07) is 12.1. The first kappa shape index (κ1) is 22.7. The van der Waals surface area contributed by atoms with Crippen LogP contribution >= 0.6 is 0 Å². The van der Waals surface area contributed by atoms with Gasteiger partial charge in [-0.1, -0.05) is 32.0 Å². The number of rotatable bonds is 9. The van der Waals surface area contributed by atoms with Crippen LogP contribution in [0, 0.1) is 5.92 Å². The van der Waals surface area contributed by atoms with Gasteiger partial charge in [-0.05, 0) is 42.2 Å². The van der Waals surface area contributed by atoms with Crippen molar-refractivity contribution in [2.45, 2.75) is 26.3 Å². The number of aromatic amines is 1. The highest BCUT2D eigenvalue weighted by atomic mass is 16.5. The van der Waals surface area contributed by atoms with Crippen molar-refractivity contribution in [1.82, 2.24) is 15.1 Å². The molecular formula is C25H29N3O5. The van der Waals surface area contributed by atoms with Gasteiger partial charge < -0.3 is 24.6 Å². The summed E-state index contributed by atoms with van der Waals surface area (Å²) in [5.74, 6) is 1.46. The van der Waals surface area contributed by atoms with Gasteiger partial charge in [0.05, 0.1) is 19.8 Å². The summed E-state index contributed by atoms with van der Waals surface area (Å²) in [7, 11) is 1.58. The number of hydrogen-bond donors (Lipinski definition) is 3. The average Bonchev–Trinajstić information content (AvgIpc) is 3.35. The van der Waals surface area contributed by atoms with Crippen LogP contribution in [0.15, 0.2) is 42.5 Å². The predicted octanol–water partition coefficient (Wildman–Crippen LogP) is 3.75. The van der Waals surface area contributed by atoms with Gasteiger partial charge in [0, 0.05) is 24.3 Å². The lowest BCUT2D eigenvalue weighted by Gasteiger charge is -2.27. The zero-order chi connectivity index (χ0) is 23.5. The number of carbonyl (C=O) groups excluding carboxylic acids is 1. The van der Waals surface area contributed by atoms with E-state index in [1.165, 1.54) is 0 Å². The molecule has 0 saturated heterocycles. The standard InChI is InChI=1S/C25H29N3O5/c1-15(2)14-33-19-10-9-16(13-20(19)32-3)24-21-22(17-7-4-5-8-18(17)30)26-27-23(21)25(31)28(24)11-6-12-29/h4-5,7-10,13,15,24,29-30H,6,11-12,14H2,1-3H3,(H,26,27)/t24-/m0/s1. The van der Waals surface area contributed by atoms with Gasteiger partial charge in [-0.15, -0.1) is 0 Å². The molecule has 1 aliphatic heterocycles. The van der Waals surface area contributed by atoms with Crippen molar-refractivity contribution in [2.75, 3.05) is 26.9 Å². The van der Waals surface area contributed by atoms with Crippen molar-refractivity contribution >= 4 is 5.91 Å². The number of amides is 1. The minimum atomic E-state index is -0.458. The lowest BCUT2D eigenvalue weighted by Crippen LogP contribution is -2.31. The molecule has 1 atom stereocenters. The molecular weight excluding hydrogens is 422 g/mol. The van der Waals surface area contributed by atoms with E-state index in [9.17, 15) is 15.0 Å². The maximum Gasteiger partial charge on any atom is 0.273 e. The zero-order valence-electron chi connectivity index (χ0n) is 19.0. The molecule has 3 aromatic rings. The molecule has 1 aliphatic rings. The van der Waals surface area contributed by atoms with E-state index in [-0.39, 0.29) is 18.3 Å². The summed E-state index contributed by atoms with van der Waals surface area (Å²) in [6.07, 6.45) is 0.443. The molecule has 2 heterocycles. The molecule has 8 nitrogen and oxygen atoms in total. The fourth-order valence-electron chi connectivity index (χ4n) is 4.12. The number of aliphatic hydroxyl groups excluding tert-OH is 1. The second kappa shape index (κ2) is 9.54. The van der Waals surface area contributed by atoms with Crippen LogP contribution in [0.3, 0.4) is 0 Å². The Hall–Kier alpha value is -3.52. The summed E-state index contributed by atoms with van der Waals surface area (Å²) in [6.45, 7) is 5.05. The largest absolute Gasteiger partial charge is 0.507 e. The molecule has 0 bridgehead atoms. The quantitative estimate of drug-likeness (QED) is 0.457. The number of methoxy groups -OCH3 is 1. The van der Waals surface area contributed by atoms with E-state index in [0.717, 1.165) is 5.56 Å². The van der Waals surface area contributed by atoms with Gasteiger partial charge in [-0.2, -0.15) is 5.10 Å². The maximum atomic E-state index is 13.3. The number of para-hydroxylation sites is 1. The first-order valence-corrected chi connectivity index (χ1v) is 11.1. The van der Waals surface area contributed by atoms with Crippen molar-refractivity contribution in [3.8, 4) is 28.5 Å². The highest BCUT2D eigenvalue weighted by Gasteiger charge is 2.42. The molecule has 2 aromatic carbocycles. The van der Waals surface area contributed by atoms with Crippen molar-refractivity contribution in [3.05, 3.63) is 59.3 Å². The maximum absolute atomic E-state index is 13.3. The normalized spacial score (nSPS) is 15.2. The summed E-state index contributed by atoms with van der Waals surface area (Å²) in [5, 5.41) is 27.1. The highest BCUT2D eigenvalue weighted by molar-refractivity contribution is 6.00. The molecule has 8 heteroatoms. The number of phenolic OH excluding ortho intramolecular Hbond substituents is 1.